The lowest BCUT2D eigenvalue weighted by Gasteiger charge is -2.48. The van der Waals surface area contributed by atoms with E-state index < -0.39 is 50.5 Å². The van der Waals surface area contributed by atoms with Crippen LogP contribution in [0.2, 0.25) is 0 Å². The number of allylic oxidation sites excluding steroid dienone is 1. The Hall–Kier alpha value is -2.83. The molecule has 0 spiro atoms. The molecule has 1 aliphatic heterocycles. The highest BCUT2D eigenvalue weighted by Crippen LogP contribution is 2.48. The number of hydrogen-bond acceptors (Lipinski definition) is 8. The van der Waals surface area contributed by atoms with Crippen LogP contribution in [0.1, 0.15) is 32.4 Å². The van der Waals surface area contributed by atoms with Gasteiger partial charge >= 0.3 is 0 Å². The van der Waals surface area contributed by atoms with Crippen LogP contribution >= 0.6 is 0 Å². The molecular formula is C22H31F3N6O3S. The molecule has 0 radical (unpaired) electrons. The Morgan fingerprint density at radius 2 is 1.94 bits per heavy atom. The van der Waals surface area contributed by atoms with E-state index in [2.05, 4.69) is 21.5 Å². The number of aromatic nitrogens is 2. The van der Waals surface area contributed by atoms with Crippen molar-refractivity contribution >= 4 is 21.9 Å². The molecule has 35 heavy (non-hydrogen) atoms. The van der Waals surface area contributed by atoms with Crippen LogP contribution in [0.5, 0.6) is 5.88 Å². The second kappa shape index (κ2) is 9.32. The van der Waals surface area contributed by atoms with Gasteiger partial charge in [0.2, 0.25) is 27.7 Å². The number of nitrogens with zero attached hydrogens (tertiary/aromatic N) is 5. The standard InChI is InChI=1S/C22H31F3N6O3S/c1-11-10-17(24)15(8-9-16(11)23)22(14(4)35(32,33)31(6)20(26)29-22)13(3)30(5)21-27-12(2)18(25)19(28-21)34-7/h10-11,14-16H,3,8-9H2,1-2,4-7H3,(H2,26,29). The third-order valence-corrected chi connectivity index (χ3v) is 9.20. The summed E-state index contributed by atoms with van der Waals surface area (Å²) >= 11 is 0. The van der Waals surface area contributed by atoms with Gasteiger partial charge in [0, 0.05) is 31.6 Å². The second-order valence-corrected chi connectivity index (χ2v) is 11.2. The Bertz CT molecular complexity index is 1190. The molecule has 5 unspecified atom stereocenters. The van der Waals surface area contributed by atoms with Gasteiger partial charge in [0.05, 0.1) is 12.8 Å². The number of aliphatic imine (C=N–C) groups is 1. The first-order valence-corrected chi connectivity index (χ1v) is 12.6. The van der Waals surface area contributed by atoms with Gasteiger partial charge in [-0.05, 0) is 32.8 Å². The molecule has 9 nitrogen and oxygen atoms in total. The van der Waals surface area contributed by atoms with Gasteiger partial charge in [-0.3, -0.25) is 0 Å². The zero-order valence-corrected chi connectivity index (χ0v) is 21.4. The first kappa shape index (κ1) is 26.8. The fraction of sp³-hybridized carbons (Fsp3) is 0.591. The first-order valence-electron chi connectivity index (χ1n) is 11.1. The minimum Gasteiger partial charge on any atom is -0.479 e. The molecule has 5 atom stereocenters. The van der Waals surface area contributed by atoms with Crippen LogP contribution in [0.4, 0.5) is 19.1 Å². The molecule has 2 aliphatic rings. The number of hydrogen-bond donors (Lipinski definition) is 1. The number of ether oxygens (including phenoxy) is 1. The van der Waals surface area contributed by atoms with Gasteiger partial charge in [0.15, 0.2) is 0 Å². The van der Waals surface area contributed by atoms with Crippen molar-refractivity contribution in [1.29, 1.82) is 0 Å². The van der Waals surface area contributed by atoms with Crippen molar-refractivity contribution in [1.82, 2.24) is 14.3 Å². The Morgan fingerprint density at radius 1 is 1.31 bits per heavy atom. The smallest absolute Gasteiger partial charge is 0.255 e. The molecule has 2 N–H and O–H groups in total. The van der Waals surface area contributed by atoms with E-state index in [-0.39, 0.29) is 42.0 Å². The molecule has 2 heterocycles. The van der Waals surface area contributed by atoms with E-state index in [1.54, 1.807) is 6.92 Å². The Balaban J connectivity index is 2.27. The summed E-state index contributed by atoms with van der Waals surface area (Å²) in [5, 5.41) is -1.35. The monoisotopic (exact) mass is 516 g/mol. The van der Waals surface area contributed by atoms with Crippen LogP contribution in [0, 0.1) is 24.6 Å². The average molecular weight is 517 g/mol. The minimum absolute atomic E-state index is 0.00352. The van der Waals surface area contributed by atoms with Gasteiger partial charge in [0.1, 0.15) is 22.8 Å². The number of aryl methyl sites for hydroxylation is 1. The van der Waals surface area contributed by atoms with Gasteiger partial charge in [0.25, 0.3) is 5.88 Å². The zero-order chi connectivity index (χ0) is 26.5. The van der Waals surface area contributed by atoms with Gasteiger partial charge in [-0.2, -0.15) is 9.37 Å². The Morgan fingerprint density at radius 3 is 2.54 bits per heavy atom. The van der Waals surface area contributed by atoms with Crippen molar-refractivity contribution in [2.75, 3.05) is 26.1 Å². The number of sulfonamides is 1. The van der Waals surface area contributed by atoms with E-state index >= 15 is 4.39 Å². The number of nitrogens with two attached hydrogens (primary N) is 1. The Kier molecular flexibility index (Phi) is 7.13. The van der Waals surface area contributed by atoms with Crippen LogP contribution in [-0.2, 0) is 10.0 Å². The molecule has 13 heteroatoms. The molecule has 1 aromatic heterocycles. The second-order valence-electron chi connectivity index (χ2n) is 8.94. The van der Waals surface area contributed by atoms with Gasteiger partial charge in [-0.1, -0.05) is 13.5 Å². The molecule has 0 aromatic carbocycles. The predicted octanol–water partition coefficient (Wildman–Crippen LogP) is 2.84. The maximum Gasteiger partial charge on any atom is 0.255 e. The third kappa shape index (κ3) is 4.23. The van der Waals surface area contributed by atoms with Gasteiger partial charge in [-0.25, -0.2) is 31.5 Å². The molecule has 1 aliphatic carbocycles. The van der Waals surface area contributed by atoms with Crippen molar-refractivity contribution in [3.8, 4) is 5.88 Å². The number of alkyl halides is 1. The summed E-state index contributed by atoms with van der Waals surface area (Å²) < 4.78 is 77.0. The molecule has 1 aromatic rings. The lowest BCUT2D eigenvalue weighted by molar-refractivity contribution is 0.229. The molecule has 0 bridgehead atoms. The minimum atomic E-state index is -4.12. The van der Waals surface area contributed by atoms with Crippen molar-refractivity contribution in [2.24, 2.45) is 22.6 Å². The summed E-state index contributed by atoms with van der Waals surface area (Å²) in [6.07, 6.45) is -0.233. The quantitative estimate of drug-likeness (QED) is 0.640. The van der Waals surface area contributed by atoms with E-state index in [4.69, 9.17) is 10.5 Å². The number of guanidine groups is 1. The maximum absolute atomic E-state index is 15.7. The van der Waals surface area contributed by atoms with Crippen molar-refractivity contribution in [3.63, 3.8) is 0 Å². The lowest BCUT2D eigenvalue weighted by Crippen LogP contribution is -2.63. The van der Waals surface area contributed by atoms with E-state index in [1.165, 1.54) is 40.0 Å². The van der Waals surface area contributed by atoms with E-state index in [0.29, 0.717) is 0 Å². The highest BCUT2D eigenvalue weighted by molar-refractivity contribution is 7.90. The lowest BCUT2D eigenvalue weighted by atomic mass is 9.75. The molecule has 3 rings (SSSR count). The van der Waals surface area contributed by atoms with Gasteiger partial charge < -0.3 is 15.4 Å². The number of rotatable bonds is 5. The van der Waals surface area contributed by atoms with Crippen molar-refractivity contribution in [3.05, 3.63) is 35.7 Å². The van der Waals surface area contributed by atoms with Crippen LogP contribution < -0.4 is 15.4 Å². The van der Waals surface area contributed by atoms with Crippen molar-refractivity contribution < 1.29 is 26.3 Å². The number of halogens is 3. The zero-order valence-electron chi connectivity index (χ0n) is 20.6. The number of likely N-dealkylation sites (N-methyl/N-ethyl adjacent to an activating group) is 1. The van der Waals surface area contributed by atoms with Crippen LogP contribution in [0.3, 0.4) is 0 Å². The topological polar surface area (TPSA) is 114 Å². The summed E-state index contributed by atoms with van der Waals surface area (Å²) in [7, 11) is -0.164. The van der Waals surface area contributed by atoms with Crippen LogP contribution in [-0.4, -0.2) is 66.8 Å². The third-order valence-electron chi connectivity index (χ3n) is 6.99. The molecule has 0 saturated carbocycles. The summed E-state index contributed by atoms with van der Waals surface area (Å²) in [6, 6.07) is 0. The molecule has 0 fully saturated rings. The fourth-order valence-corrected chi connectivity index (χ4v) is 6.21. The number of anilines is 1. The molecule has 0 amide bonds. The summed E-state index contributed by atoms with van der Waals surface area (Å²) in [5.41, 5.74) is 4.13. The van der Waals surface area contributed by atoms with E-state index in [1.807, 2.05) is 0 Å². The fourth-order valence-electron chi connectivity index (χ4n) is 4.63. The SMILES string of the molecule is C=C(N(C)c1nc(C)c(F)c(OC)n1)C1(C2CCC(F)C(C)C=C2F)N=C(N)N(C)S(=O)(=O)C1C. The van der Waals surface area contributed by atoms with Crippen LogP contribution in [0.25, 0.3) is 0 Å². The highest BCUT2D eigenvalue weighted by Gasteiger charge is 2.58. The summed E-state index contributed by atoms with van der Waals surface area (Å²) in [4.78, 5) is 14.0. The van der Waals surface area contributed by atoms with E-state index in [9.17, 15) is 17.2 Å². The normalized spacial score (nSPS) is 30.7. The van der Waals surface area contributed by atoms with E-state index in [0.717, 1.165) is 10.4 Å². The van der Waals surface area contributed by atoms with Crippen LogP contribution in [0.15, 0.2) is 29.2 Å². The molecular weight excluding hydrogens is 485 g/mol. The predicted molar refractivity (Wildman–Crippen MR) is 127 cm³/mol. The average Bonchev–Trinajstić information content (AvgIpc) is 2.93. The largest absolute Gasteiger partial charge is 0.479 e. The maximum atomic E-state index is 15.7. The first-order chi connectivity index (χ1) is 16.2. The summed E-state index contributed by atoms with van der Waals surface area (Å²) in [5.74, 6) is -4.14. The summed E-state index contributed by atoms with van der Waals surface area (Å²) in [6.45, 7) is 8.41. The Labute approximate surface area is 203 Å². The number of methoxy groups -OCH3 is 1. The molecule has 0 saturated heterocycles. The molecule has 194 valence electrons. The van der Waals surface area contributed by atoms with Gasteiger partial charge in [-0.15, -0.1) is 0 Å². The highest BCUT2D eigenvalue weighted by atomic mass is 32.2. The van der Waals surface area contributed by atoms with Crippen molar-refractivity contribution in [2.45, 2.75) is 50.6 Å².